The Bertz CT molecular complexity index is 1700. The molecule has 0 saturated heterocycles. The SMILES string of the molecule is CC/C=C\C/C=C\C/C=C\C/C=C\C/C=C\C/C=C\CCC(=O)OC(COC(=O)CCCCCCCCC/C=C\CCCCCCCCC)COC(=O)CCCCCCCCCCCCCC/C=C\C/C=C\C/C=C\C/C=C\CC. The number of carbonyl (C=O) groups excluding carboxylic acids is 3. The summed E-state index contributed by atoms with van der Waals surface area (Å²) in [6, 6.07) is 0. The van der Waals surface area contributed by atoms with Gasteiger partial charge in [0.25, 0.3) is 0 Å². The van der Waals surface area contributed by atoms with Gasteiger partial charge in [-0.3, -0.25) is 14.4 Å². The van der Waals surface area contributed by atoms with Gasteiger partial charge in [-0.25, -0.2) is 0 Å². The summed E-state index contributed by atoms with van der Waals surface area (Å²) in [5.41, 5.74) is 0. The van der Waals surface area contributed by atoms with Crippen molar-refractivity contribution in [3.63, 3.8) is 0 Å². The molecule has 0 spiro atoms. The highest BCUT2D eigenvalue weighted by Gasteiger charge is 2.19. The first-order valence-electron chi connectivity index (χ1n) is 33.2. The number of hydrogen-bond donors (Lipinski definition) is 0. The van der Waals surface area contributed by atoms with E-state index in [1.165, 1.54) is 148 Å². The number of carbonyl (C=O) groups is 3. The third-order valence-corrected chi connectivity index (χ3v) is 13.9. The van der Waals surface area contributed by atoms with E-state index in [4.69, 9.17) is 14.2 Å². The topological polar surface area (TPSA) is 78.9 Å². The number of hydrogen-bond acceptors (Lipinski definition) is 6. The molecule has 0 radical (unpaired) electrons. The van der Waals surface area contributed by atoms with Crippen molar-refractivity contribution in [2.24, 2.45) is 0 Å². The van der Waals surface area contributed by atoms with E-state index in [0.717, 1.165) is 103 Å². The zero-order valence-corrected chi connectivity index (χ0v) is 52.0. The summed E-state index contributed by atoms with van der Waals surface area (Å²) < 4.78 is 16.9. The van der Waals surface area contributed by atoms with Crippen LogP contribution in [0.15, 0.2) is 134 Å². The molecule has 0 aromatic heterocycles. The van der Waals surface area contributed by atoms with E-state index in [2.05, 4.69) is 148 Å². The van der Waals surface area contributed by atoms with E-state index in [1.54, 1.807) is 0 Å². The van der Waals surface area contributed by atoms with E-state index >= 15 is 0 Å². The summed E-state index contributed by atoms with van der Waals surface area (Å²) in [6.07, 6.45) is 94.7. The average Bonchev–Trinajstić information content (AvgIpc) is 3.46. The van der Waals surface area contributed by atoms with Crippen molar-refractivity contribution < 1.29 is 28.6 Å². The molecule has 0 heterocycles. The minimum atomic E-state index is -0.827. The van der Waals surface area contributed by atoms with Gasteiger partial charge in [-0.1, -0.05) is 289 Å². The molecular formula is C74H122O6. The van der Waals surface area contributed by atoms with Crippen LogP contribution in [0.1, 0.15) is 297 Å². The predicted octanol–water partition coefficient (Wildman–Crippen LogP) is 22.9. The molecule has 1 atom stereocenters. The smallest absolute Gasteiger partial charge is 0.306 e. The first kappa shape index (κ1) is 75.5. The van der Waals surface area contributed by atoms with Crippen molar-refractivity contribution in [3.8, 4) is 0 Å². The molecule has 0 rings (SSSR count). The van der Waals surface area contributed by atoms with Crippen molar-refractivity contribution in [2.45, 2.75) is 303 Å². The van der Waals surface area contributed by atoms with Crippen LogP contribution in [0.5, 0.6) is 0 Å². The zero-order valence-electron chi connectivity index (χ0n) is 52.0. The first-order chi connectivity index (χ1) is 39.5. The fraction of sp³-hybridized carbons (Fsp3) is 0.662. The van der Waals surface area contributed by atoms with Crippen molar-refractivity contribution in [3.05, 3.63) is 134 Å². The monoisotopic (exact) mass is 1110 g/mol. The molecule has 0 aliphatic rings. The van der Waals surface area contributed by atoms with Crippen LogP contribution in [0.25, 0.3) is 0 Å². The highest BCUT2D eigenvalue weighted by Crippen LogP contribution is 2.16. The molecule has 0 aromatic rings. The Balaban J connectivity index is 4.46. The van der Waals surface area contributed by atoms with Gasteiger partial charge in [0.05, 0.1) is 0 Å². The maximum atomic E-state index is 12.9. The first-order valence-corrected chi connectivity index (χ1v) is 33.2. The van der Waals surface area contributed by atoms with Crippen molar-refractivity contribution in [1.82, 2.24) is 0 Å². The Morgan fingerprint density at radius 1 is 0.263 bits per heavy atom. The van der Waals surface area contributed by atoms with E-state index < -0.39 is 12.1 Å². The Kier molecular flexibility index (Phi) is 63.3. The highest BCUT2D eigenvalue weighted by molar-refractivity contribution is 5.71. The lowest BCUT2D eigenvalue weighted by Crippen LogP contribution is -2.30. The van der Waals surface area contributed by atoms with E-state index in [-0.39, 0.29) is 31.6 Å². The van der Waals surface area contributed by atoms with Gasteiger partial charge in [0, 0.05) is 19.3 Å². The fourth-order valence-electron chi connectivity index (χ4n) is 8.99. The van der Waals surface area contributed by atoms with Crippen molar-refractivity contribution >= 4 is 17.9 Å². The van der Waals surface area contributed by atoms with Gasteiger partial charge < -0.3 is 14.2 Å². The number of unbranched alkanes of at least 4 members (excludes halogenated alkanes) is 26. The maximum absolute atomic E-state index is 12.9. The standard InChI is InChI=1S/C74H122O6/c1-4-7-10-13-16-19-22-25-28-31-34-35-36-37-38-39-41-43-46-49-52-55-58-61-64-67-73(76)79-70-71(69-78-72(75)66-63-60-57-54-51-48-45-42-33-30-27-24-21-18-15-12-9-6-3)80-74(77)68-65-62-59-56-53-50-47-44-40-32-29-26-23-20-17-14-11-8-5-2/h7-8,10-11,16-17,19-20,25-26,28-30,33-35,40,44,50,53,59,62,71H,4-6,9,12-15,18,21-24,27,31-32,36-39,41-43,45-49,51-52,54-58,60-61,63-70H2,1-3H3/b10-7-,11-8-,19-16-,20-17-,28-25-,29-26-,33-30-,35-34-,44-40-,53-50-,62-59-. The van der Waals surface area contributed by atoms with Crippen LogP contribution >= 0.6 is 0 Å². The molecule has 0 amide bonds. The van der Waals surface area contributed by atoms with Crippen LogP contribution in [0, 0.1) is 0 Å². The molecule has 0 saturated carbocycles. The molecule has 0 aromatic carbocycles. The third-order valence-electron chi connectivity index (χ3n) is 13.9. The fourth-order valence-corrected chi connectivity index (χ4v) is 8.99. The molecule has 0 aliphatic heterocycles. The van der Waals surface area contributed by atoms with Crippen LogP contribution in [-0.2, 0) is 28.6 Å². The summed E-state index contributed by atoms with van der Waals surface area (Å²) in [7, 11) is 0. The quantitative estimate of drug-likeness (QED) is 0.0261. The minimum absolute atomic E-state index is 0.113. The average molecular weight is 1110 g/mol. The van der Waals surface area contributed by atoms with Gasteiger partial charge in [-0.2, -0.15) is 0 Å². The molecule has 6 heteroatoms. The van der Waals surface area contributed by atoms with Gasteiger partial charge >= 0.3 is 17.9 Å². The summed E-state index contributed by atoms with van der Waals surface area (Å²) >= 11 is 0. The Hall–Kier alpha value is -4.45. The molecule has 454 valence electrons. The molecule has 0 N–H and O–H groups in total. The van der Waals surface area contributed by atoms with E-state index in [1.807, 2.05) is 6.08 Å². The number of ether oxygens (including phenoxy) is 3. The minimum Gasteiger partial charge on any atom is -0.462 e. The second kappa shape index (κ2) is 67.1. The Morgan fingerprint density at radius 3 is 0.825 bits per heavy atom. The summed E-state index contributed by atoms with van der Waals surface area (Å²) in [6.45, 7) is 6.37. The van der Waals surface area contributed by atoms with Crippen LogP contribution in [0.4, 0.5) is 0 Å². The molecule has 0 bridgehead atoms. The van der Waals surface area contributed by atoms with Crippen LogP contribution in [0.2, 0.25) is 0 Å². The second-order valence-electron chi connectivity index (χ2n) is 21.6. The van der Waals surface area contributed by atoms with Gasteiger partial charge in [0.15, 0.2) is 6.10 Å². The lowest BCUT2D eigenvalue weighted by Gasteiger charge is -2.18. The largest absolute Gasteiger partial charge is 0.462 e. The summed E-state index contributed by atoms with van der Waals surface area (Å²) in [5.74, 6) is -0.999. The van der Waals surface area contributed by atoms with Gasteiger partial charge in [0.1, 0.15) is 13.2 Å². The maximum Gasteiger partial charge on any atom is 0.306 e. The second-order valence-corrected chi connectivity index (χ2v) is 21.6. The molecule has 6 nitrogen and oxygen atoms in total. The summed E-state index contributed by atoms with van der Waals surface area (Å²) in [4.78, 5) is 38.4. The van der Waals surface area contributed by atoms with Gasteiger partial charge in [-0.05, 0) is 122 Å². The number of rotatable bonds is 59. The van der Waals surface area contributed by atoms with E-state index in [0.29, 0.717) is 19.3 Å². The van der Waals surface area contributed by atoms with Crippen LogP contribution in [0.3, 0.4) is 0 Å². The Labute approximate surface area is 494 Å². The lowest BCUT2D eigenvalue weighted by molar-refractivity contribution is -0.166. The van der Waals surface area contributed by atoms with Crippen LogP contribution < -0.4 is 0 Å². The van der Waals surface area contributed by atoms with E-state index in [9.17, 15) is 14.4 Å². The van der Waals surface area contributed by atoms with Crippen LogP contribution in [-0.4, -0.2) is 37.2 Å². The molecule has 80 heavy (non-hydrogen) atoms. The number of esters is 3. The van der Waals surface area contributed by atoms with Gasteiger partial charge in [-0.15, -0.1) is 0 Å². The predicted molar refractivity (Wildman–Crippen MR) is 348 cm³/mol. The number of allylic oxidation sites excluding steroid dienone is 22. The molecule has 1 unspecified atom stereocenters. The normalized spacial score (nSPS) is 13.0. The van der Waals surface area contributed by atoms with Crippen molar-refractivity contribution in [1.29, 1.82) is 0 Å². The van der Waals surface area contributed by atoms with Gasteiger partial charge in [0.2, 0.25) is 0 Å². The third kappa shape index (κ3) is 64.4. The molecular weight excluding hydrogens is 985 g/mol. The summed E-state index contributed by atoms with van der Waals surface area (Å²) in [5, 5.41) is 0. The zero-order chi connectivity index (χ0) is 57.8. The van der Waals surface area contributed by atoms with Crippen molar-refractivity contribution in [2.75, 3.05) is 13.2 Å². The Morgan fingerprint density at radius 2 is 0.512 bits per heavy atom. The molecule has 0 aliphatic carbocycles. The highest BCUT2D eigenvalue weighted by atomic mass is 16.6. The lowest BCUT2D eigenvalue weighted by atomic mass is 10.0. The molecule has 0 fully saturated rings.